The van der Waals surface area contributed by atoms with Gasteiger partial charge < -0.3 is 9.47 Å². The second-order valence-electron chi connectivity index (χ2n) is 8.77. The number of hydrogen-bond acceptors (Lipinski definition) is 5. The van der Waals surface area contributed by atoms with Crippen molar-refractivity contribution >= 4 is 23.1 Å². The number of allylic oxidation sites excluding steroid dienone is 1. The zero-order valence-electron chi connectivity index (χ0n) is 19.8. The molecule has 0 spiro atoms. The number of aryl methyl sites for hydroxylation is 1. The van der Waals surface area contributed by atoms with Crippen molar-refractivity contribution in [1.82, 2.24) is 4.57 Å². The highest BCUT2D eigenvalue weighted by Gasteiger charge is 2.32. The number of nitrogens with zero attached hydrogens (tertiary/aromatic N) is 2. The van der Waals surface area contributed by atoms with Gasteiger partial charge in [0.05, 0.1) is 30.5 Å². The highest BCUT2D eigenvalue weighted by atomic mass is 32.1. The number of fused-ring (bicyclic) bond motifs is 3. The number of aromatic nitrogens is 1. The summed E-state index contributed by atoms with van der Waals surface area (Å²) in [5.41, 5.74) is 5.86. The Hall–Kier alpha value is -3.97. The van der Waals surface area contributed by atoms with Crippen molar-refractivity contribution < 1.29 is 13.9 Å². The van der Waals surface area contributed by atoms with Crippen LogP contribution in [-0.2, 0) is 6.42 Å². The summed E-state index contributed by atoms with van der Waals surface area (Å²) in [5.74, 6) is 0.984. The number of rotatable bonds is 4. The molecule has 5 nitrogen and oxygen atoms in total. The molecule has 180 valence electrons. The van der Waals surface area contributed by atoms with Crippen molar-refractivity contribution in [3.8, 4) is 11.5 Å². The summed E-state index contributed by atoms with van der Waals surface area (Å²) >= 11 is 1.35. The number of benzene rings is 3. The van der Waals surface area contributed by atoms with E-state index in [0.29, 0.717) is 20.8 Å². The van der Waals surface area contributed by atoms with Crippen LogP contribution in [0.5, 0.6) is 11.5 Å². The third-order valence-corrected chi connectivity index (χ3v) is 7.77. The Morgan fingerprint density at radius 1 is 1.03 bits per heavy atom. The molecule has 0 unspecified atom stereocenters. The van der Waals surface area contributed by atoms with Crippen LogP contribution in [0.3, 0.4) is 0 Å². The van der Waals surface area contributed by atoms with E-state index >= 15 is 0 Å². The fourth-order valence-corrected chi connectivity index (χ4v) is 6.04. The third kappa shape index (κ3) is 3.67. The average Bonchev–Trinajstić information content (AvgIpc) is 3.22. The van der Waals surface area contributed by atoms with Gasteiger partial charge in [0, 0.05) is 17.2 Å². The zero-order chi connectivity index (χ0) is 24.8. The maximum atomic E-state index is 13.8. The fraction of sp³-hybridized carbons (Fsp3) is 0.172. The standard InChI is InChI=1S/C29H23FN2O3S/c1-34-21-13-9-19(24(16-21)35-2)15-25-28(33)32-27(18-7-11-20(30)12-8-18)23-14-10-17-5-3-4-6-22(17)26(23)31-29(32)36-25/h3-9,11-13,15-16,27H,10,14H2,1-2H3/b25-15+/t27-/m0/s1. The molecule has 0 saturated carbocycles. The van der Waals surface area contributed by atoms with E-state index in [1.54, 1.807) is 37.0 Å². The van der Waals surface area contributed by atoms with Gasteiger partial charge in [-0.15, -0.1) is 0 Å². The van der Waals surface area contributed by atoms with Crippen LogP contribution in [0.2, 0.25) is 0 Å². The number of thiazole rings is 1. The van der Waals surface area contributed by atoms with Crippen LogP contribution in [0.25, 0.3) is 11.8 Å². The molecular formula is C29H23FN2O3S. The Morgan fingerprint density at radius 2 is 1.83 bits per heavy atom. The first kappa shape index (κ1) is 22.5. The van der Waals surface area contributed by atoms with Crippen LogP contribution < -0.4 is 24.4 Å². The summed E-state index contributed by atoms with van der Waals surface area (Å²) in [5, 5.41) is 0. The summed E-state index contributed by atoms with van der Waals surface area (Å²) in [6.45, 7) is 0. The molecule has 1 aliphatic heterocycles. The molecule has 1 aromatic heterocycles. The Kier molecular flexibility index (Phi) is 5.57. The van der Waals surface area contributed by atoms with Gasteiger partial charge >= 0.3 is 0 Å². The summed E-state index contributed by atoms with van der Waals surface area (Å²) in [4.78, 5) is 19.5. The van der Waals surface area contributed by atoms with Crippen LogP contribution in [0, 0.1) is 5.82 Å². The highest BCUT2D eigenvalue weighted by Crippen LogP contribution is 2.41. The Labute approximate surface area is 211 Å². The smallest absolute Gasteiger partial charge is 0.271 e. The first-order valence-electron chi connectivity index (χ1n) is 11.7. The second-order valence-corrected chi connectivity index (χ2v) is 9.78. The Balaban J connectivity index is 1.60. The largest absolute Gasteiger partial charge is 0.497 e. The van der Waals surface area contributed by atoms with Gasteiger partial charge in [-0.3, -0.25) is 9.36 Å². The van der Waals surface area contributed by atoms with Gasteiger partial charge in [0.2, 0.25) is 0 Å². The van der Waals surface area contributed by atoms with Gasteiger partial charge in [0.15, 0.2) is 4.80 Å². The lowest BCUT2D eigenvalue weighted by Gasteiger charge is -2.30. The van der Waals surface area contributed by atoms with Crippen molar-refractivity contribution in [3.05, 3.63) is 120 Å². The quantitative estimate of drug-likeness (QED) is 0.417. The van der Waals surface area contributed by atoms with Crippen LogP contribution in [0.1, 0.15) is 34.7 Å². The number of halogens is 1. The van der Waals surface area contributed by atoms with Gasteiger partial charge in [-0.25, -0.2) is 9.38 Å². The number of ether oxygens (including phenoxy) is 2. The van der Waals surface area contributed by atoms with Crippen molar-refractivity contribution in [3.63, 3.8) is 0 Å². The molecule has 1 aliphatic carbocycles. The maximum Gasteiger partial charge on any atom is 0.271 e. The van der Waals surface area contributed by atoms with E-state index in [2.05, 4.69) is 12.1 Å². The van der Waals surface area contributed by atoms with Gasteiger partial charge in [-0.2, -0.15) is 0 Å². The van der Waals surface area contributed by atoms with Gasteiger partial charge in [-0.1, -0.05) is 47.7 Å². The molecule has 0 radical (unpaired) electrons. The molecule has 1 atom stereocenters. The minimum Gasteiger partial charge on any atom is -0.497 e. The van der Waals surface area contributed by atoms with E-state index in [-0.39, 0.29) is 17.4 Å². The monoisotopic (exact) mass is 498 g/mol. The van der Waals surface area contributed by atoms with Gasteiger partial charge in [0.25, 0.3) is 5.56 Å². The topological polar surface area (TPSA) is 52.8 Å². The average molecular weight is 499 g/mol. The van der Waals surface area contributed by atoms with E-state index < -0.39 is 0 Å². The van der Waals surface area contributed by atoms with Crippen LogP contribution in [-0.4, -0.2) is 18.8 Å². The molecule has 0 saturated heterocycles. The molecule has 4 aromatic rings. The number of hydrogen-bond donors (Lipinski definition) is 0. The van der Waals surface area contributed by atoms with Crippen LogP contribution in [0.15, 0.2) is 82.1 Å². The molecule has 2 aliphatic rings. The maximum absolute atomic E-state index is 13.8. The molecule has 2 heterocycles. The molecule has 0 N–H and O–H groups in total. The lowest BCUT2D eigenvalue weighted by atomic mass is 9.83. The number of methoxy groups -OCH3 is 2. The van der Waals surface area contributed by atoms with E-state index in [1.165, 1.54) is 29.0 Å². The minimum atomic E-state index is -0.342. The highest BCUT2D eigenvalue weighted by molar-refractivity contribution is 7.07. The van der Waals surface area contributed by atoms with E-state index in [0.717, 1.165) is 40.8 Å². The fourth-order valence-electron chi connectivity index (χ4n) is 5.05. The molecule has 0 amide bonds. The molecule has 7 heteroatoms. The zero-order valence-corrected chi connectivity index (χ0v) is 20.6. The van der Waals surface area contributed by atoms with Crippen molar-refractivity contribution in [1.29, 1.82) is 0 Å². The lowest BCUT2D eigenvalue weighted by molar-refractivity contribution is 0.393. The van der Waals surface area contributed by atoms with E-state index in [9.17, 15) is 9.18 Å². The van der Waals surface area contributed by atoms with Gasteiger partial charge in [0.1, 0.15) is 17.3 Å². The predicted octanol–water partition coefficient (Wildman–Crippen LogP) is 4.48. The minimum absolute atomic E-state index is 0.128. The molecule has 6 rings (SSSR count). The van der Waals surface area contributed by atoms with Gasteiger partial charge in [-0.05, 0) is 59.9 Å². The van der Waals surface area contributed by atoms with E-state index in [1.807, 2.05) is 30.3 Å². The molecule has 3 aromatic carbocycles. The summed E-state index contributed by atoms with van der Waals surface area (Å²) in [7, 11) is 3.19. The normalized spacial score (nSPS) is 16.6. The molecule has 0 fully saturated rings. The third-order valence-electron chi connectivity index (χ3n) is 6.79. The van der Waals surface area contributed by atoms with Crippen molar-refractivity contribution in [2.75, 3.05) is 14.2 Å². The van der Waals surface area contributed by atoms with Crippen LogP contribution >= 0.6 is 11.3 Å². The first-order valence-corrected chi connectivity index (χ1v) is 12.5. The van der Waals surface area contributed by atoms with Crippen molar-refractivity contribution in [2.24, 2.45) is 4.99 Å². The summed E-state index contributed by atoms with van der Waals surface area (Å²) in [6.07, 6.45) is 3.49. The summed E-state index contributed by atoms with van der Waals surface area (Å²) in [6, 6.07) is 19.9. The Morgan fingerprint density at radius 3 is 2.61 bits per heavy atom. The second kappa shape index (κ2) is 8.91. The predicted molar refractivity (Wildman–Crippen MR) is 139 cm³/mol. The molecular weight excluding hydrogens is 475 g/mol. The molecule has 0 bridgehead atoms. The molecule has 36 heavy (non-hydrogen) atoms. The van der Waals surface area contributed by atoms with Crippen LogP contribution in [0.4, 0.5) is 4.39 Å². The van der Waals surface area contributed by atoms with Crippen molar-refractivity contribution in [2.45, 2.75) is 18.9 Å². The van der Waals surface area contributed by atoms with E-state index in [4.69, 9.17) is 14.5 Å². The SMILES string of the molecule is COc1ccc(/C=c2/sc3n(c2=O)[C@@H](c2ccc(F)cc2)C2=C(N=3)c3ccccc3CC2)c(OC)c1. The summed E-state index contributed by atoms with van der Waals surface area (Å²) < 4.78 is 27.0. The lowest BCUT2D eigenvalue weighted by Crippen LogP contribution is -2.38. The Bertz CT molecular complexity index is 1700. The first-order chi connectivity index (χ1) is 17.6.